The topological polar surface area (TPSA) is 55.4 Å². The summed E-state index contributed by atoms with van der Waals surface area (Å²) in [4.78, 5) is 23.2. The molecule has 6 heteroatoms. The largest absolute Gasteiger partial charge is 0.452 e. The Kier molecular flexibility index (Phi) is 6.85. The average Bonchev–Trinajstić information content (AvgIpc) is 2.57. The van der Waals surface area contributed by atoms with Crippen LogP contribution < -0.4 is 5.32 Å². The molecule has 1 amide bonds. The molecule has 0 aliphatic rings. The molecule has 0 heterocycles. The van der Waals surface area contributed by atoms with Crippen molar-refractivity contribution < 1.29 is 14.3 Å². The lowest BCUT2D eigenvalue weighted by atomic mass is 10.2. The second-order valence-corrected chi connectivity index (χ2v) is 5.77. The number of carbonyl (C=O) groups excluding carboxylic acids is 2. The molecule has 0 saturated carbocycles. The van der Waals surface area contributed by atoms with Crippen LogP contribution in [-0.4, -0.2) is 18.5 Å². The third-order valence-corrected chi connectivity index (χ3v) is 3.50. The van der Waals surface area contributed by atoms with Crippen molar-refractivity contribution >= 4 is 41.2 Å². The molecular formula is C18H15Cl2NO3. The highest BCUT2D eigenvalue weighted by molar-refractivity contribution is 6.30. The number of ether oxygens (including phenoxy) is 1. The molecule has 2 rings (SSSR count). The number of hydrogen-bond donors (Lipinski definition) is 1. The van der Waals surface area contributed by atoms with E-state index in [4.69, 9.17) is 27.9 Å². The highest BCUT2D eigenvalue weighted by Gasteiger charge is 2.05. The van der Waals surface area contributed by atoms with E-state index in [1.807, 2.05) is 12.1 Å². The molecule has 0 aromatic heterocycles. The van der Waals surface area contributed by atoms with E-state index in [-0.39, 0.29) is 12.5 Å². The number of amides is 1. The fourth-order valence-corrected chi connectivity index (χ4v) is 2.14. The van der Waals surface area contributed by atoms with E-state index >= 15 is 0 Å². The van der Waals surface area contributed by atoms with Crippen LogP contribution in [0.4, 0.5) is 0 Å². The molecule has 24 heavy (non-hydrogen) atoms. The van der Waals surface area contributed by atoms with E-state index in [0.717, 1.165) is 11.1 Å². The third-order valence-electron chi connectivity index (χ3n) is 3.01. The lowest BCUT2D eigenvalue weighted by Gasteiger charge is -2.05. The van der Waals surface area contributed by atoms with E-state index < -0.39 is 5.97 Å². The van der Waals surface area contributed by atoms with Crippen molar-refractivity contribution in [1.82, 2.24) is 5.32 Å². The zero-order chi connectivity index (χ0) is 17.4. The highest BCUT2D eigenvalue weighted by atomic mass is 35.5. The van der Waals surface area contributed by atoms with E-state index in [9.17, 15) is 9.59 Å². The first-order chi connectivity index (χ1) is 11.5. The Morgan fingerprint density at radius 2 is 1.79 bits per heavy atom. The summed E-state index contributed by atoms with van der Waals surface area (Å²) in [7, 11) is 0. The second-order valence-electron chi connectivity index (χ2n) is 4.90. The van der Waals surface area contributed by atoms with Gasteiger partial charge in [0, 0.05) is 22.7 Å². The maximum atomic E-state index is 11.7. The van der Waals surface area contributed by atoms with Gasteiger partial charge < -0.3 is 10.1 Å². The molecule has 0 fully saturated rings. The van der Waals surface area contributed by atoms with E-state index in [1.165, 1.54) is 6.08 Å². The Hall–Kier alpha value is -2.30. The Bertz CT molecular complexity index is 742. The van der Waals surface area contributed by atoms with Crippen LogP contribution in [0.1, 0.15) is 11.1 Å². The Labute approximate surface area is 150 Å². The van der Waals surface area contributed by atoms with E-state index in [2.05, 4.69) is 5.32 Å². The molecular weight excluding hydrogens is 349 g/mol. The monoisotopic (exact) mass is 363 g/mol. The second kappa shape index (κ2) is 9.11. The molecule has 2 aromatic rings. The number of benzene rings is 2. The summed E-state index contributed by atoms with van der Waals surface area (Å²) in [6.07, 6.45) is 2.82. The highest BCUT2D eigenvalue weighted by Crippen LogP contribution is 2.12. The third kappa shape index (κ3) is 6.44. The number of esters is 1. The Morgan fingerprint density at radius 3 is 2.50 bits per heavy atom. The van der Waals surface area contributed by atoms with Crippen LogP contribution in [-0.2, 0) is 20.9 Å². The van der Waals surface area contributed by atoms with Gasteiger partial charge in [0.15, 0.2) is 6.61 Å². The molecule has 1 N–H and O–H groups in total. The Balaban J connectivity index is 1.72. The summed E-state index contributed by atoms with van der Waals surface area (Å²) in [5, 5.41) is 3.86. The summed E-state index contributed by atoms with van der Waals surface area (Å²) in [6.45, 7) is -0.00177. The first-order valence-electron chi connectivity index (χ1n) is 7.14. The van der Waals surface area contributed by atoms with Gasteiger partial charge >= 0.3 is 5.97 Å². The molecule has 0 bridgehead atoms. The van der Waals surface area contributed by atoms with Crippen molar-refractivity contribution in [3.05, 3.63) is 75.8 Å². The standard InChI is InChI=1S/C18H15Cl2NO3/c19-15-7-4-14(5-8-15)11-21-17(22)12-24-18(23)9-6-13-2-1-3-16(20)10-13/h1-10H,11-12H2,(H,21,22)/b9-6+. The smallest absolute Gasteiger partial charge is 0.331 e. The van der Waals surface area contributed by atoms with E-state index in [1.54, 1.807) is 42.5 Å². The van der Waals surface area contributed by atoms with Crippen LogP contribution in [0.3, 0.4) is 0 Å². The number of nitrogens with one attached hydrogen (secondary N) is 1. The fourth-order valence-electron chi connectivity index (χ4n) is 1.81. The van der Waals surface area contributed by atoms with Gasteiger partial charge in [0.1, 0.15) is 0 Å². The minimum atomic E-state index is -0.600. The number of hydrogen-bond acceptors (Lipinski definition) is 3. The van der Waals surface area contributed by atoms with Gasteiger partial charge in [0.2, 0.25) is 0 Å². The zero-order valence-electron chi connectivity index (χ0n) is 12.7. The minimum Gasteiger partial charge on any atom is -0.452 e. The lowest BCUT2D eigenvalue weighted by Crippen LogP contribution is -2.28. The van der Waals surface area contributed by atoms with Crippen molar-refractivity contribution in [2.75, 3.05) is 6.61 Å². The lowest BCUT2D eigenvalue weighted by molar-refractivity contribution is -0.143. The van der Waals surface area contributed by atoms with Gasteiger partial charge in [0.05, 0.1) is 0 Å². The number of halogens is 2. The van der Waals surface area contributed by atoms with Gasteiger partial charge in [-0.05, 0) is 41.5 Å². The molecule has 124 valence electrons. The fraction of sp³-hybridized carbons (Fsp3) is 0.111. The molecule has 0 aliphatic heterocycles. The number of rotatable bonds is 6. The van der Waals surface area contributed by atoms with Crippen LogP contribution in [0, 0.1) is 0 Å². The molecule has 0 spiro atoms. The Morgan fingerprint density at radius 1 is 1.04 bits per heavy atom. The minimum absolute atomic E-state index is 0.339. The predicted molar refractivity (Wildman–Crippen MR) is 94.7 cm³/mol. The van der Waals surface area contributed by atoms with Gasteiger partial charge in [-0.15, -0.1) is 0 Å². The zero-order valence-corrected chi connectivity index (χ0v) is 14.2. The van der Waals surface area contributed by atoms with Crippen LogP contribution in [0.2, 0.25) is 10.0 Å². The van der Waals surface area contributed by atoms with Crippen molar-refractivity contribution in [2.45, 2.75) is 6.54 Å². The van der Waals surface area contributed by atoms with Crippen LogP contribution in [0.15, 0.2) is 54.6 Å². The SMILES string of the molecule is O=C(COC(=O)/C=C/c1cccc(Cl)c1)NCc1ccc(Cl)cc1. The van der Waals surface area contributed by atoms with Gasteiger partial charge in [-0.2, -0.15) is 0 Å². The van der Waals surface area contributed by atoms with Gasteiger partial charge in [-0.25, -0.2) is 4.79 Å². The number of carbonyl (C=O) groups is 2. The van der Waals surface area contributed by atoms with Crippen molar-refractivity contribution in [3.63, 3.8) is 0 Å². The normalized spacial score (nSPS) is 10.6. The van der Waals surface area contributed by atoms with E-state index in [0.29, 0.717) is 16.6 Å². The first kappa shape index (κ1) is 18.0. The van der Waals surface area contributed by atoms with Crippen LogP contribution in [0.25, 0.3) is 6.08 Å². The predicted octanol–water partition coefficient (Wildman–Crippen LogP) is 3.87. The van der Waals surface area contributed by atoms with Crippen molar-refractivity contribution in [3.8, 4) is 0 Å². The molecule has 0 atom stereocenters. The summed E-state index contributed by atoms with van der Waals surface area (Å²) >= 11 is 11.6. The molecule has 0 radical (unpaired) electrons. The maximum absolute atomic E-state index is 11.7. The quantitative estimate of drug-likeness (QED) is 0.626. The van der Waals surface area contributed by atoms with Crippen molar-refractivity contribution in [1.29, 1.82) is 0 Å². The van der Waals surface area contributed by atoms with Crippen LogP contribution in [0.5, 0.6) is 0 Å². The first-order valence-corrected chi connectivity index (χ1v) is 7.90. The maximum Gasteiger partial charge on any atom is 0.331 e. The summed E-state index contributed by atoms with van der Waals surface area (Å²) < 4.78 is 4.87. The molecule has 0 unspecified atom stereocenters. The molecule has 4 nitrogen and oxygen atoms in total. The van der Waals surface area contributed by atoms with Gasteiger partial charge in [0.25, 0.3) is 5.91 Å². The summed E-state index contributed by atoms with van der Waals surface area (Å²) in [5.74, 6) is -0.980. The van der Waals surface area contributed by atoms with Crippen molar-refractivity contribution in [2.24, 2.45) is 0 Å². The molecule has 2 aromatic carbocycles. The molecule has 0 aliphatic carbocycles. The average molecular weight is 364 g/mol. The summed E-state index contributed by atoms with van der Waals surface area (Å²) in [6, 6.07) is 14.1. The summed E-state index contributed by atoms with van der Waals surface area (Å²) in [5.41, 5.74) is 1.67. The van der Waals surface area contributed by atoms with Gasteiger partial charge in [-0.1, -0.05) is 47.5 Å². The van der Waals surface area contributed by atoms with Crippen LogP contribution >= 0.6 is 23.2 Å². The van der Waals surface area contributed by atoms with Gasteiger partial charge in [-0.3, -0.25) is 4.79 Å². The molecule has 0 saturated heterocycles.